The van der Waals surface area contributed by atoms with E-state index in [1.54, 1.807) is 16.8 Å². The fourth-order valence-corrected chi connectivity index (χ4v) is 3.49. The van der Waals surface area contributed by atoms with Gasteiger partial charge in [-0.1, -0.05) is 30.3 Å². The van der Waals surface area contributed by atoms with E-state index in [4.69, 9.17) is 4.74 Å². The van der Waals surface area contributed by atoms with Crippen molar-refractivity contribution in [3.8, 4) is 22.0 Å². The molecule has 1 aliphatic rings. The molecule has 0 radical (unpaired) electrons. The molecule has 3 aromatic rings. The Bertz CT molecular complexity index is 1000. The Morgan fingerprint density at radius 2 is 1.88 bits per heavy atom. The Morgan fingerprint density at radius 1 is 1.08 bits per heavy atom. The summed E-state index contributed by atoms with van der Waals surface area (Å²) in [6.07, 6.45) is 1.67. The van der Waals surface area contributed by atoms with Crippen LogP contribution in [0, 0.1) is 0 Å². The van der Waals surface area contributed by atoms with Gasteiger partial charge in [0.15, 0.2) is 5.70 Å². The summed E-state index contributed by atoms with van der Waals surface area (Å²) in [7, 11) is 1.33. The van der Waals surface area contributed by atoms with Crippen molar-refractivity contribution in [1.29, 1.82) is 0 Å². The third kappa shape index (κ3) is 2.54. The predicted octanol–water partition coefficient (Wildman–Crippen LogP) is 3.18. The summed E-state index contributed by atoms with van der Waals surface area (Å²) in [5.74, 6) is -1.63. The molecule has 0 amide bonds. The lowest BCUT2D eigenvalue weighted by atomic mass is 10.2. The normalized spacial score (nSPS) is 14.1. The number of rotatable bonds is 4. The lowest BCUT2D eigenvalue weighted by Crippen LogP contribution is -2.07. The van der Waals surface area contributed by atoms with Crippen molar-refractivity contribution in [3.63, 3.8) is 0 Å². The van der Waals surface area contributed by atoms with Crippen LogP contribution in [0.4, 0.5) is 0 Å². The first-order valence-electron chi connectivity index (χ1n) is 7.43. The van der Waals surface area contributed by atoms with Crippen LogP contribution in [0.5, 0.6) is 0 Å². The van der Waals surface area contributed by atoms with Gasteiger partial charge in [-0.2, -0.15) is 0 Å². The number of hydrogen-bond acceptors (Lipinski definition) is 6. The minimum Gasteiger partial charge on any atom is -0.488 e. The number of methoxy groups -OCH3 is 1. The molecule has 1 aromatic carbocycles. The smallest absolute Gasteiger partial charge is 0.384 e. The zero-order chi connectivity index (χ0) is 17.4. The van der Waals surface area contributed by atoms with Gasteiger partial charge in [-0.25, -0.2) is 14.6 Å². The van der Waals surface area contributed by atoms with Gasteiger partial charge >= 0.3 is 11.9 Å². The van der Waals surface area contributed by atoms with E-state index in [0.717, 1.165) is 16.3 Å². The van der Waals surface area contributed by atoms with Gasteiger partial charge < -0.3 is 14.0 Å². The Morgan fingerprint density at radius 3 is 2.64 bits per heavy atom. The number of esters is 2. The van der Waals surface area contributed by atoms with Crippen molar-refractivity contribution in [2.24, 2.45) is 0 Å². The number of nitrogens with zero attached hydrogens (tertiary/aromatic N) is 2. The molecule has 6 nitrogen and oxygen atoms in total. The highest BCUT2D eigenvalue weighted by atomic mass is 32.1. The third-order valence-corrected chi connectivity index (χ3v) is 4.63. The van der Waals surface area contributed by atoms with E-state index in [1.165, 1.54) is 18.4 Å². The average Bonchev–Trinajstić information content (AvgIpc) is 3.33. The molecule has 0 aliphatic carbocycles. The Labute approximate surface area is 147 Å². The largest absolute Gasteiger partial charge is 0.488 e. The van der Waals surface area contributed by atoms with Crippen molar-refractivity contribution in [2.45, 2.75) is 0 Å². The van der Waals surface area contributed by atoms with Gasteiger partial charge in [-0.05, 0) is 12.1 Å². The van der Waals surface area contributed by atoms with Gasteiger partial charge in [0.05, 0.1) is 18.5 Å². The van der Waals surface area contributed by atoms with Crippen molar-refractivity contribution in [3.05, 3.63) is 59.8 Å². The minimum absolute atomic E-state index is 0.0592. The lowest BCUT2D eigenvalue weighted by molar-refractivity contribution is -0.151. The summed E-state index contributed by atoms with van der Waals surface area (Å²) in [5.41, 5.74) is 2.60. The summed E-state index contributed by atoms with van der Waals surface area (Å²) in [5, 5.41) is 2.67. The van der Waals surface area contributed by atoms with E-state index in [-0.39, 0.29) is 11.5 Å². The highest BCUT2D eigenvalue weighted by Crippen LogP contribution is 2.33. The first-order chi connectivity index (χ1) is 12.2. The van der Waals surface area contributed by atoms with E-state index in [1.807, 2.05) is 41.8 Å². The van der Waals surface area contributed by atoms with E-state index in [9.17, 15) is 9.59 Å². The predicted molar refractivity (Wildman–Crippen MR) is 92.3 cm³/mol. The molecule has 3 heterocycles. The monoisotopic (exact) mass is 352 g/mol. The van der Waals surface area contributed by atoms with E-state index < -0.39 is 11.9 Å². The number of thiazole rings is 1. The summed E-state index contributed by atoms with van der Waals surface area (Å²) < 4.78 is 11.3. The first kappa shape index (κ1) is 15.3. The molecular weight excluding hydrogens is 340 g/mol. The number of hydrogen-bond donors (Lipinski definition) is 0. The number of benzene rings is 1. The Hall–Kier alpha value is -3.19. The van der Waals surface area contributed by atoms with Crippen molar-refractivity contribution >= 4 is 29.0 Å². The fourth-order valence-electron chi connectivity index (χ4n) is 2.64. The summed E-state index contributed by atoms with van der Waals surface area (Å²) in [6.45, 7) is 0. The van der Waals surface area contributed by atoms with Gasteiger partial charge in [0.2, 0.25) is 5.76 Å². The van der Waals surface area contributed by atoms with Gasteiger partial charge in [-0.3, -0.25) is 0 Å². The van der Waals surface area contributed by atoms with Crippen molar-refractivity contribution in [1.82, 2.24) is 9.55 Å². The van der Waals surface area contributed by atoms with Crippen LogP contribution in [0.2, 0.25) is 0 Å². The molecule has 0 saturated carbocycles. The molecule has 25 heavy (non-hydrogen) atoms. The van der Waals surface area contributed by atoms with Crippen LogP contribution in [-0.2, 0) is 19.1 Å². The van der Waals surface area contributed by atoms with Crippen molar-refractivity contribution < 1.29 is 19.1 Å². The number of carbonyl (C=O) groups is 2. The van der Waals surface area contributed by atoms with Crippen LogP contribution in [0.1, 0.15) is 0 Å². The van der Waals surface area contributed by atoms with E-state index >= 15 is 0 Å². The summed E-state index contributed by atoms with van der Waals surface area (Å²) in [4.78, 5) is 28.4. The number of carbonyl (C=O) groups excluding carboxylic acids is 2. The Kier molecular flexibility index (Phi) is 3.70. The fraction of sp³-hybridized carbons (Fsp3) is 0.0556. The molecule has 0 saturated heterocycles. The second-order valence-corrected chi connectivity index (χ2v) is 6.08. The maximum Gasteiger partial charge on any atom is 0.384 e. The molecule has 0 bridgehead atoms. The van der Waals surface area contributed by atoms with Crippen LogP contribution >= 0.6 is 11.3 Å². The zero-order valence-electron chi connectivity index (χ0n) is 13.1. The number of cyclic esters (lactones) is 2. The molecular formula is C18H12N2O4S. The third-order valence-electron chi connectivity index (χ3n) is 3.77. The molecule has 7 heteroatoms. The topological polar surface area (TPSA) is 70.4 Å². The SMILES string of the molecule is COC1=C(n2cccc2-c2nc(-c3ccccc3)cs2)C(=O)OC1=O. The molecule has 124 valence electrons. The molecule has 0 N–H and O–H groups in total. The van der Waals surface area contributed by atoms with Crippen LogP contribution in [-0.4, -0.2) is 28.6 Å². The molecule has 4 rings (SSSR count). The Balaban J connectivity index is 1.79. The van der Waals surface area contributed by atoms with Gasteiger partial charge in [-0.15, -0.1) is 11.3 Å². The molecule has 2 aromatic heterocycles. The second-order valence-electron chi connectivity index (χ2n) is 5.23. The molecule has 1 aliphatic heterocycles. The summed E-state index contributed by atoms with van der Waals surface area (Å²) >= 11 is 1.45. The van der Waals surface area contributed by atoms with Gasteiger partial charge in [0, 0.05) is 17.1 Å². The zero-order valence-corrected chi connectivity index (χ0v) is 13.9. The van der Waals surface area contributed by atoms with Crippen LogP contribution < -0.4 is 0 Å². The lowest BCUT2D eigenvalue weighted by Gasteiger charge is -2.06. The first-order valence-corrected chi connectivity index (χ1v) is 8.31. The quantitative estimate of drug-likeness (QED) is 0.533. The maximum absolute atomic E-state index is 12.0. The highest BCUT2D eigenvalue weighted by molar-refractivity contribution is 7.13. The van der Waals surface area contributed by atoms with Gasteiger partial charge in [0.25, 0.3) is 0 Å². The summed E-state index contributed by atoms with van der Waals surface area (Å²) in [6, 6.07) is 13.4. The maximum atomic E-state index is 12.0. The molecule has 0 unspecified atom stereocenters. The number of ether oxygens (including phenoxy) is 2. The minimum atomic E-state index is -0.786. The van der Waals surface area contributed by atoms with Crippen LogP contribution in [0.3, 0.4) is 0 Å². The molecule has 0 fully saturated rings. The standard InChI is InChI=1S/C18H12N2O4S/c1-23-15-14(17(21)24-18(15)22)20-9-5-8-13(20)16-19-12(10-25-16)11-6-3-2-4-7-11/h2-10H,1H3. The number of aromatic nitrogens is 2. The van der Waals surface area contributed by atoms with E-state index in [2.05, 4.69) is 9.72 Å². The average molecular weight is 352 g/mol. The second kappa shape index (κ2) is 6.03. The highest BCUT2D eigenvalue weighted by Gasteiger charge is 2.36. The van der Waals surface area contributed by atoms with Gasteiger partial charge in [0.1, 0.15) is 5.01 Å². The molecule has 0 atom stereocenters. The molecule has 0 spiro atoms. The van der Waals surface area contributed by atoms with Crippen molar-refractivity contribution in [2.75, 3.05) is 7.11 Å². The van der Waals surface area contributed by atoms with Crippen LogP contribution in [0.25, 0.3) is 27.7 Å². The van der Waals surface area contributed by atoms with Crippen LogP contribution in [0.15, 0.2) is 59.8 Å². The van der Waals surface area contributed by atoms with E-state index in [0.29, 0.717) is 5.69 Å².